The van der Waals surface area contributed by atoms with E-state index in [1.54, 1.807) is 24.3 Å². The van der Waals surface area contributed by atoms with Gasteiger partial charge in [0.2, 0.25) is 0 Å². The van der Waals surface area contributed by atoms with Gasteiger partial charge < -0.3 is 4.74 Å². The molecule has 0 aromatic heterocycles. The number of hydrogen-bond donors (Lipinski definition) is 0. The maximum atomic E-state index is 13.3. The smallest absolute Gasteiger partial charge is 0.266 e. The van der Waals surface area contributed by atoms with Gasteiger partial charge in [0, 0.05) is 6.42 Å². The summed E-state index contributed by atoms with van der Waals surface area (Å²) in [6.45, 7) is -0.132. The average molecular weight is 260 g/mol. The predicted molar refractivity (Wildman–Crippen MR) is 56.5 cm³/mol. The van der Waals surface area contributed by atoms with Crippen molar-refractivity contribution in [1.29, 1.82) is 0 Å². The van der Waals surface area contributed by atoms with E-state index in [0.717, 1.165) is 5.56 Å². The largest absolute Gasteiger partial charge is 0.376 e. The molecular weight excluding hydrogens is 248 g/mol. The number of ether oxygens (including phenoxy) is 1. The number of alkyl halides is 4. The second-order valence-corrected chi connectivity index (χ2v) is 5.03. The molecule has 5 heteroatoms. The van der Waals surface area contributed by atoms with Gasteiger partial charge in [0.15, 0.2) is 0 Å². The zero-order valence-corrected chi connectivity index (χ0v) is 9.51. The molecule has 1 aromatic rings. The van der Waals surface area contributed by atoms with Crippen molar-refractivity contribution in [1.82, 2.24) is 0 Å². The minimum Gasteiger partial charge on any atom is -0.376 e. The standard InChI is InChI=1S/C13H12F4O/c14-12(15)8-11(12)10(13(11,16)17)7-18-6-9-4-2-1-3-5-9/h1-5,10H,6-8H2/t10-,11-/m1/s1. The topological polar surface area (TPSA) is 9.23 Å². The molecule has 0 unspecified atom stereocenters. The first-order valence-electron chi connectivity index (χ1n) is 5.79. The van der Waals surface area contributed by atoms with Gasteiger partial charge in [0.05, 0.1) is 19.1 Å². The highest BCUT2D eigenvalue weighted by atomic mass is 19.3. The van der Waals surface area contributed by atoms with Crippen molar-refractivity contribution in [3.63, 3.8) is 0 Å². The molecule has 0 bridgehead atoms. The van der Waals surface area contributed by atoms with Crippen LogP contribution in [0.25, 0.3) is 0 Å². The quantitative estimate of drug-likeness (QED) is 0.753. The van der Waals surface area contributed by atoms with Crippen LogP contribution < -0.4 is 0 Å². The van der Waals surface area contributed by atoms with Crippen molar-refractivity contribution in [3.8, 4) is 0 Å². The number of rotatable bonds is 4. The Bertz CT molecular complexity index is 459. The summed E-state index contributed by atoms with van der Waals surface area (Å²) in [5.74, 6) is -7.81. The van der Waals surface area contributed by atoms with Crippen molar-refractivity contribution in [2.24, 2.45) is 11.3 Å². The van der Waals surface area contributed by atoms with Crippen molar-refractivity contribution in [3.05, 3.63) is 35.9 Å². The molecule has 0 heterocycles. The van der Waals surface area contributed by atoms with Crippen LogP contribution in [0.3, 0.4) is 0 Å². The van der Waals surface area contributed by atoms with E-state index in [2.05, 4.69) is 0 Å². The molecule has 2 aliphatic carbocycles. The number of hydrogen-bond acceptors (Lipinski definition) is 1. The van der Waals surface area contributed by atoms with Crippen LogP contribution in [0.4, 0.5) is 17.6 Å². The molecule has 0 amide bonds. The van der Waals surface area contributed by atoms with E-state index in [0.29, 0.717) is 0 Å². The first-order valence-corrected chi connectivity index (χ1v) is 5.79. The molecule has 2 saturated carbocycles. The van der Waals surface area contributed by atoms with Gasteiger partial charge >= 0.3 is 0 Å². The zero-order chi connectivity index (χ0) is 13.0. The van der Waals surface area contributed by atoms with Gasteiger partial charge in [-0.3, -0.25) is 0 Å². The SMILES string of the molecule is FC1(F)C[C@@]12[C@@H](COCc1ccccc1)C2(F)F. The molecule has 2 aliphatic rings. The predicted octanol–water partition coefficient (Wildman–Crippen LogP) is 3.49. The van der Waals surface area contributed by atoms with E-state index in [1.165, 1.54) is 0 Å². The molecule has 1 spiro atoms. The minimum absolute atomic E-state index is 0.176. The fourth-order valence-electron chi connectivity index (χ4n) is 2.69. The molecular formula is C13H12F4O. The molecule has 0 N–H and O–H groups in total. The Morgan fingerprint density at radius 3 is 2.22 bits per heavy atom. The Balaban J connectivity index is 1.54. The van der Waals surface area contributed by atoms with Gasteiger partial charge in [-0.05, 0) is 5.56 Å². The lowest BCUT2D eigenvalue weighted by atomic mass is 10.2. The van der Waals surface area contributed by atoms with Crippen molar-refractivity contribution in [2.45, 2.75) is 24.9 Å². The summed E-state index contributed by atoms with van der Waals surface area (Å²) in [5, 5.41) is 0. The summed E-state index contributed by atoms with van der Waals surface area (Å²) in [4.78, 5) is 0. The van der Waals surface area contributed by atoms with Crippen LogP contribution >= 0.6 is 0 Å². The highest BCUT2D eigenvalue weighted by molar-refractivity contribution is 5.35. The molecule has 0 radical (unpaired) electrons. The van der Waals surface area contributed by atoms with E-state index >= 15 is 0 Å². The minimum atomic E-state index is -3.27. The summed E-state index contributed by atoms with van der Waals surface area (Å²) >= 11 is 0. The first-order chi connectivity index (χ1) is 8.42. The highest BCUT2D eigenvalue weighted by Crippen LogP contribution is 2.86. The lowest BCUT2D eigenvalue weighted by Crippen LogP contribution is -2.03. The van der Waals surface area contributed by atoms with Gasteiger partial charge in [-0.25, -0.2) is 17.6 Å². The van der Waals surface area contributed by atoms with Gasteiger partial charge in [-0.15, -0.1) is 0 Å². The maximum Gasteiger partial charge on any atom is 0.266 e. The third kappa shape index (κ3) is 1.43. The summed E-state index contributed by atoms with van der Waals surface area (Å²) in [6, 6.07) is 9.04. The van der Waals surface area contributed by atoms with Crippen LogP contribution in [0, 0.1) is 11.3 Å². The van der Waals surface area contributed by atoms with Crippen LogP contribution in [-0.4, -0.2) is 18.5 Å². The van der Waals surface area contributed by atoms with Gasteiger partial charge in [-0.1, -0.05) is 30.3 Å². The van der Waals surface area contributed by atoms with E-state index in [1.807, 2.05) is 6.07 Å². The van der Waals surface area contributed by atoms with Crippen LogP contribution in [0.15, 0.2) is 30.3 Å². The molecule has 0 aliphatic heterocycles. The molecule has 0 saturated heterocycles. The lowest BCUT2D eigenvalue weighted by Gasteiger charge is -2.03. The van der Waals surface area contributed by atoms with E-state index in [4.69, 9.17) is 4.74 Å². The Kier molecular flexibility index (Phi) is 2.31. The Hall–Kier alpha value is -1.10. The fraction of sp³-hybridized carbons (Fsp3) is 0.538. The molecule has 2 fully saturated rings. The second kappa shape index (κ2) is 3.47. The lowest BCUT2D eigenvalue weighted by molar-refractivity contribution is 0.0247. The third-order valence-corrected chi connectivity index (χ3v) is 3.97. The average Bonchev–Trinajstić information content (AvgIpc) is 3.05. The third-order valence-electron chi connectivity index (χ3n) is 3.97. The van der Waals surface area contributed by atoms with Crippen molar-refractivity contribution in [2.75, 3.05) is 6.61 Å². The van der Waals surface area contributed by atoms with Crippen LogP contribution in [0.5, 0.6) is 0 Å². The van der Waals surface area contributed by atoms with Gasteiger partial charge in [-0.2, -0.15) is 0 Å². The van der Waals surface area contributed by atoms with Crippen LogP contribution in [0.2, 0.25) is 0 Å². The van der Waals surface area contributed by atoms with Crippen molar-refractivity contribution < 1.29 is 22.3 Å². The number of benzene rings is 1. The van der Waals surface area contributed by atoms with Crippen molar-refractivity contribution >= 4 is 0 Å². The Morgan fingerprint density at radius 2 is 1.72 bits per heavy atom. The van der Waals surface area contributed by atoms with Crippen LogP contribution in [0.1, 0.15) is 12.0 Å². The van der Waals surface area contributed by atoms with Gasteiger partial charge in [0.25, 0.3) is 11.8 Å². The van der Waals surface area contributed by atoms with E-state index in [-0.39, 0.29) is 13.2 Å². The summed E-state index contributed by atoms with van der Waals surface area (Å²) < 4.78 is 57.6. The first kappa shape index (κ1) is 12.0. The fourth-order valence-corrected chi connectivity index (χ4v) is 2.69. The van der Waals surface area contributed by atoms with E-state index < -0.39 is 29.6 Å². The summed E-state index contributed by atoms with van der Waals surface area (Å²) in [6.07, 6.45) is -0.702. The van der Waals surface area contributed by atoms with Crippen LogP contribution in [-0.2, 0) is 11.3 Å². The Labute approximate surface area is 102 Å². The monoisotopic (exact) mass is 260 g/mol. The molecule has 18 heavy (non-hydrogen) atoms. The van der Waals surface area contributed by atoms with E-state index in [9.17, 15) is 17.6 Å². The highest BCUT2D eigenvalue weighted by Gasteiger charge is 3.00. The molecule has 2 atom stereocenters. The molecule has 3 rings (SSSR count). The normalized spacial score (nSPS) is 34.6. The summed E-state index contributed by atoms with van der Waals surface area (Å²) in [7, 11) is 0. The summed E-state index contributed by atoms with van der Waals surface area (Å²) in [5.41, 5.74) is -1.24. The Morgan fingerprint density at radius 1 is 1.11 bits per heavy atom. The molecule has 1 nitrogen and oxygen atoms in total. The molecule has 98 valence electrons. The zero-order valence-electron chi connectivity index (χ0n) is 9.51. The number of halogens is 4. The maximum absolute atomic E-state index is 13.3. The second-order valence-electron chi connectivity index (χ2n) is 5.03. The van der Waals surface area contributed by atoms with Gasteiger partial charge in [0.1, 0.15) is 5.41 Å². The molecule has 1 aromatic carbocycles.